The van der Waals surface area contributed by atoms with E-state index in [0.29, 0.717) is 0 Å². The average Bonchev–Trinajstić information content (AvgIpc) is 1.62. The number of nitrogens with zero attached hydrogens (tertiary/aromatic N) is 2. The van der Waals surface area contributed by atoms with Gasteiger partial charge in [0.2, 0.25) is 0 Å². The number of rotatable bonds is 0. The molecule has 0 N–H and O–H groups in total. The van der Waals surface area contributed by atoms with Gasteiger partial charge in [0, 0.05) is 13.8 Å². The zero-order chi connectivity index (χ0) is 9.91. The molecule has 11 heavy (non-hydrogen) atoms. The van der Waals surface area contributed by atoms with E-state index in [2.05, 4.69) is 0 Å². The minimum atomic E-state index is -3.29. The van der Waals surface area contributed by atoms with Crippen LogP contribution in [-0.4, -0.2) is 0 Å². The summed E-state index contributed by atoms with van der Waals surface area (Å²) >= 11 is -3.29. The molecule has 0 heterocycles. The first kappa shape index (κ1) is 17.9. The number of hydrogen-bond donors (Lipinski definition) is 0. The Morgan fingerprint density at radius 3 is 0.909 bits per heavy atom. The third kappa shape index (κ3) is 857. The Labute approximate surface area is 85.2 Å². The maximum absolute atomic E-state index is 7.32. The van der Waals surface area contributed by atoms with Crippen LogP contribution < -0.4 is 0 Å². The van der Waals surface area contributed by atoms with E-state index in [1.54, 1.807) is 12.1 Å². The Hall–Kier alpha value is 1.02. The number of nitriles is 2. The van der Waals surface area contributed by atoms with Crippen molar-refractivity contribution in [1.82, 2.24) is 0 Å². The van der Waals surface area contributed by atoms with Crippen molar-refractivity contribution >= 4 is 34.1 Å². The second-order valence-electron chi connectivity index (χ2n) is 0.876. The summed E-state index contributed by atoms with van der Waals surface area (Å²) in [5, 5.41) is 14.6. The van der Waals surface area contributed by atoms with Crippen molar-refractivity contribution in [3.63, 3.8) is 0 Å². The Balaban J connectivity index is -0.0000000933. The van der Waals surface area contributed by atoms with E-state index in [1.165, 1.54) is 13.8 Å². The molecule has 0 aliphatic carbocycles. The summed E-state index contributed by atoms with van der Waals surface area (Å²) in [7, 11) is 20.1. The first-order valence-electron chi connectivity index (χ1n) is 2.20. The van der Waals surface area contributed by atoms with Crippen LogP contribution in [0.5, 0.6) is 0 Å². The molecular weight excluding hydrogens is 309 g/mol. The molecule has 64 valence electrons. The second-order valence-corrected chi connectivity index (χ2v) is 23.3. The van der Waals surface area contributed by atoms with Crippen LogP contribution in [0.3, 0.4) is 0 Å². The van der Waals surface area contributed by atoms with E-state index in [1.807, 2.05) is 0 Å². The zero-order valence-electron chi connectivity index (χ0n) is 5.91. The fourth-order valence-electron chi connectivity index (χ4n) is 0. The molecule has 0 aromatic rings. The van der Waals surface area contributed by atoms with Crippen LogP contribution >= 0.6 is 34.1 Å². The van der Waals surface area contributed by atoms with Crippen molar-refractivity contribution in [2.45, 2.75) is 13.8 Å². The van der Waals surface area contributed by atoms with Crippen LogP contribution in [0, 0.1) is 22.7 Å². The summed E-state index contributed by atoms with van der Waals surface area (Å²) in [6.45, 7) is 2.86. The second kappa shape index (κ2) is 13.6. The first-order chi connectivity index (χ1) is 4.83. The molecule has 0 saturated carbocycles. The van der Waals surface area contributed by atoms with Crippen molar-refractivity contribution < 1.29 is 15.5 Å². The predicted molar refractivity (Wildman–Crippen MR) is 46.0 cm³/mol. The summed E-state index contributed by atoms with van der Waals surface area (Å²) in [5.41, 5.74) is 0. The van der Waals surface area contributed by atoms with Crippen molar-refractivity contribution in [1.29, 1.82) is 10.5 Å². The molecule has 0 radical (unpaired) electrons. The van der Waals surface area contributed by atoms with Gasteiger partial charge < -0.3 is 0 Å². The van der Waals surface area contributed by atoms with E-state index in [4.69, 9.17) is 44.6 Å². The monoisotopic (exact) mass is 312 g/mol. The van der Waals surface area contributed by atoms with Crippen LogP contribution in [0.2, 0.25) is 0 Å². The molecule has 0 amide bonds. The van der Waals surface area contributed by atoms with Crippen LogP contribution in [-0.2, 0) is 15.5 Å². The Kier molecular flexibility index (Phi) is 22.2. The fourth-order valence-corrected chi connectivity index (χ4v) is 0. The van der Waals surface area contributed by atoms with Crippen LogP contribution in [0.1, 0.15) is 13.8 Å². The topological polar surface area (TPSA) is 47.6 Å². The predicted octanol–water partition coefficient (Wildman–Crippen LogP) is 3.82. The van der Waals surface area contributed by atoms with Crippen molar-refractivity contribution in [3.8, 4) is 12.1 Å². The summed E-state index contributed by atoms with van der Waals surface area (Å²) in [4.78, 5) is 0. The van der Waals surface area contributed by atoms with Gasteiger partial charge in [0.1, 0.15) is 0 Å². The summed E-state index contributed by atoms with van der Waals surface area (Å²) in [6, 6.07) is 3.50. The molecular formula is C4H6Cl4N2Zr. The van der Waals surface area contributed by atoms with Crippen molar-refractivity contribution in [2.24, 2.45) is 0 Å². The molecule has 0 unspecified atom stereocenters. The Bertz CT molecular complexity index is 124. The molecule has 0 saturated heterocycles. The molecule has 0 aromatic carbocycles. The fraction of sp³-hybridized carbons (Fsp3) is 0.500. The SMILES string of the molecule is CC#N.CC#N.[Cl][Zr]([Cl])([Cl])[Cl]. The quantitative estimate of drug-likeness (QED) is 0.682. The van der Waals surface area contributed by atoms with Gasteiger partial charge >= 0.3 is 49.5 Å². The van der Waals surface area contributed by atoms with Crippen LogP contribution in [0.4, 0.5) is 0 Å². The molecule has 0 aliphatic heterocycles. The maximum atomic E-state index is 7.32. The third-order valence-corrected chi connectivity index (χ3v) is 0. The first-order valence-corrected chi connectivity index (χ1v) is 14.9. The molecule has 0 aliphatic rings. The normalized spacial score (nSPS) is 6.91. The Morgan fingerprint density at radius 2 is 0.909 bits per heavy atom. The molecule has 0 bridgehead atoms. The van der Waals surface area contributed by atoms with Crippen molar-refractivity contribution in [3.05, 3.63) is 0 Å². The summed E-state index contributed by atoms with van der Waals surface area (Å²) in [5.74, 6) is 0. The van der Waals surface area contributed by atoms with E-state index in [9.17, 15) is 0 Å². The molecule has 0 fully saturated rings. The van der Waals surface area contributed by atoms with Crippen molar-refractivity contribution in [2.75, 3.05) is 0 Å². The van der Waals surface area contributed by atoms with Gasteiger partial charge in [-0.1, -0.05) is 0 Å². The molecule has 7 heteroatoms. The van der Waals surface area contributed by atoms with Gasteiger partial charge in [-0.3, -0.25) is 0 Å². The minimum absolute atomic E-state index is 1.43. The molecule has 0 aromatic heterocycles. The molecule has 0 atom stereocenters. The van der Waals surface area contributed by atoms with E-state index in [-0.39, 0.29) is 0 Å². The van der Waals surface area contributed by atoms with Gasteiger partial charge in [-0.25, -0.2) is 0 Å². The number of halogens is 4. The van der Waals surface area contributed by atoms with Gasteiger partial charge in [0.05, 0.1) is 12.1 Å². The number of hydrogen-bond acceptors (Lipinski definition) is 2. The van der Waals surface area contributed by atoms with Gasteiger partial charge in [0.25, 0.3) is 0 Å². The van der Waals surface area contributed by atoms with Gasteiger partial charge in [-0.15, -0.1) is 0 Å². The third-order valence-electron chi connectivity index (χ3n) is 0. The van der Waals surface area contributed by atoms with Gasteiger partial charge in [-0.05, 0) is 0 Å². The zero-order valence-corrected chi connectivity index (χ0v) is 11.4. The van der Waals surface area contributed by atoms with Crippen LogP contribution in [0.15, 0.2) is 0 Å². The van der Waals surface area contributed by atoms with E-state index >= 15 is 0 Å². The summed E-state index contributed by atoms with van der Waals surface area (Å²) in [6.07, 6.45) is 0. The van der Waals surface area contributed by atoms with E-state index in [0.717, 1.165) is 0 Å². The summed E-state index contributed by atoms with van der Waals surface area (Å²) < 4.78 is 0. The van der Waals surface area contributed by atoms with Gasteiger partial charge in [0.15, 0.2) is 0 Å². The molecule has 2 nitrogen and oxygen atoms in total. The standard InChI is InChI=1S/2C2H3N.4ClH.Zr/c2*1-2-3;;;;;/h2*1H3;4*1H;/q;;;;;;+4/p-4. The molecule has 0 rings (SSSR count). The van der Waals surface area contributed by atoms with Gasteiger partial charge in [-0.2, -0.15) is 10.5 Å². The average molecular weight is 315 g/mol. The van der Waals surface area contributed by atoms with E-state index < -0.39 is 15.5 Å². The van der Waals surface area contributed by atoms with Crippen LogP contribution in [0.25, 0.3) is 0 Å². The Morgan fingerprint density at radius 1 is 0.909 bits per heavy atom. The molecule has 0 spiro atoms.